The topological polar surface area (TPSA) is 44.4 Å². The second kappa shape index (κ2) is 7.70. The highest BCUT2D eigenvalue weighted by Gasteiger charge is 2.27. The van der Waals surface area contributed by atoms with Crippen LogP contribution in [0.1, 0.15) is 27.9 Å². The normalized spacial score (nSPS) is 16.9. The van der Waals surface area contributed by atoms with Crippen LogP contribution in [0.2, 0.25) is 0 Å². The van der Waals surface area contributed by atoms with Gasteiger partial charge in [-0.3, -0.25) is 4.79 Å². The number of anilines is 2. The molecule has 0 spiro atoms. The Labute approximate surface area is 150 Å². The molecule has 1 amide bonds. The van der Waals surface area contributed by atoms with Crippen molar-refractivity contribution in [3.8, 4) is 0 Å². The first-order valence-electron chi connectivity index (χ1n) is 8.96. The molecule has 1 fully saturated rings. The fourth-order valence-corrected chi connectivity index (χ4v) is 3.45. The number of benzene rings is 2. The molecule has 0 saturated carbocycles. The number of carbonyl (C=O) groups excluding carboxylic acids is 1. The minimum atomic E-state index is 0.118. The highest BCUT2D eigenvalue weighted by Crippen LogP contribution is 2.27. The number of para-hydroxylation sites is 1. The molecule has 1 atom stereocenters. The first-order chi connectivity index (χ1) is 12.1. The fourth-order valence-electron chi connectivity index (χ4n) is 3.45. The summed E-state index contributed by atoms with van der Waals surface area (Å²) in [5.74, 6) is 0.667. The Morgan fingerprint density at radius 1 is 1.12 bits per heavy atom. The third kappa shape index (κ3) is 3.85. The molecule has 3 rings (SSSR count). The number of rotatable bonds is 5. The van der Waals surface area contributed by atoms with Crippen LogP contribution in [0, 0.1) is 19.8 Å². The van der Waals surface area contributed by atoms with E-state index in [0.717, 1.165) is 43.0 Å². The number of hydrogen-bond donors (Lipinski definition) is 2. The summed E-state index contributed by atoms with van der Waals surface area (Å²) in [5.41, 5.74) is 5.12. The summed E-state index contributed by atoms with van der Waals surface area (Å²) in [6.45, 7) is 6.83. The molecule has 25 heavy (non-hydrogen) atoms. The molecule has 132 valence electrons. The number of nitrogens with zero attached hydrogens (tertiary/aromatic N) is 1. The Hall–Kier alpha value is -2.33. The van der Waals surface area contributed by atoms with E-state index < -0.39 is 0 Å². The summed E-state index contributed by atoms with van der Waals surface area (Å²) >= 11 is 0. The van der Waals surface area contributed by atoms with Crippen LogP contribution in [-0.2, 0) is 0 Å². The average Bonchev–Trinajstić information content (AvgIpc) is 3.08. The summed E-state index contributed by atoms with van der Waals surface area (Å²) in [4.78, 5) is 15.0. The molecule has 4 nitrogen and oxygen atoms in total. The second-order valence-corrected chi connectivity index (χ2v) is 6.88. The molecule has 0 aliphatic carbocycles. The van der Waals surface area contributed by atoms with E-state index in [-0.39, 0.29) is 5.91 Å². The van der Waals surface area contributed by atoms with Crippen molar-refractivity contribution in [3.63, 3.8) is 0 Å². The molecular weight excluding hydrogens is 310 g/mol. The van der Waals surface area contributed by atoms with Gasteiger partial charge in [0, 0.05) is 18.8 Å². The fraction of sp³-hybridized carbons (Fsp3) is 0.381. The molecule has 1 heterocycles. The van der Waals surface area contributed by atoms with Crippen molar-refractivity contribution >= 4 is 17.3 Å². The van der Waals surface area contributed by atoms with Gasteiger partial charge in [0.15, 0.2) is 0 Å². The van der Waals surface area contributed by atoms with Crippen LogP contribution in [0.5, 0.6) is 0 Å². The van der Waals surface area contributed by atoms with Crippen molar-refractivity contribution < 1.29 is 4.79 Å². The Kier molecular flexibility index (Phi) is 5.39. The zero-order valence-electron chi connectivity index (χ0n) is 15.3. The van der Waals surface area contributed by atoms with Crippen LogP contribution in [0.4, 0.5) is 11.4 Å². The molecule has 2 aromatic carbocycles. The lowest BCUT2D eigenvalue weighted by Crippen LogP contribution is -2.30. The number of likely N-dealkylation sites (tertiary alicyclic amines) is 1. The standard InChI is InChI=1S/C21H27N3O/c1-15-7-6-10-19(16(15)2)23-20-9-5-4-8-18(20)21(25)24-12-11-17(14-24)13-22-3/h4-10,17,22-23H,11-14H2,1-3H3. The van der Waals surface area contributed by atoms with Crippen LogP contribution in [0.15, 0.2) is 42.5 Å². The Morgan fingerprint density at radius 2 is 1.88 bits per heavy atom. The second-order valence-electron chi connectivity index (χ2n) is 6.88. The molecule has 1 aliphatic heterocycles. The van der Waals surface area contributed by atoms with Gasteiger partial charge in [-0.2, -0.15) is 0 Å². The molecule has 0 bridgehead atoms. The lowest BCUT2D eigenvalue weighted by atomic mass is 10.1. The molecular formula is C21H27N3O. The predicted octanol–water partition coefficient (Wildman–Crippen LogP) is 3.73. The summed E-state index contributed by atoms with van der Waals surface area (Å²) in [6, 6.07) is 14.0. The quantitative estimate of drug-likeness (QED) is 0.874. The van der Waals surface area contributed by atoms with Crippen LogP contribution < -0.4 is 10.6 Å². The van der Waals surface area contributed by atoms with Gasteiger partial charge < -0.3 is 15.5 Å². The van der Waals surface area contributed by atoms with Gasteiger partial charge in [-0.15, -0.1) is 0 Å². The molecule has 0 aromatic heterocycles. The maximum absolute atomic E-state index is 13.0. The average molecular weight is 337 g/mol. The van der Waals surface area contributed by atoms with E-state index in [1.54, 1.807) is 0 Å². The molecule has 2 N–H and O–H groups in total. The van der Waals surface area contributed by atoms with Crippen molar-refractivity contribution in [2.45, 2.75) is 20.3 Å². The van der Waals surface area contributed by atoms with Crippen molar-refractivity contribution in [1.29, 1.82) is 0 Å². The van der Waals surface area contributed by atoms with Crippen LogP contribution in [-0.4, -0.2) is 37.5 Å². The number of aryl methyl sites for hydroxylation is 1. The van der Waals surface area contributed by atoms with Gasteiger partial charge in [-0.05, 0) is 69.1 Å². The van der Waals surface area contributed by atoms with E-state index in [1.165, 1.54) is 11.1 Å². The minimum absolute atomic E-state index is 0.118. The third-order valence-corrected chi connectivity index (χ3v) is 5.10. The lowest BCUT2D eigenvalue weighted by Gasteiger charge is -2.20. The van der Waals surface area contributed by atoms with Gasteiger partial charge in [-0.25, -0.2) is 0 Å². The Balaban J connectivity index is 1.81. The van der Waals surface area contributed by atoms with Crippen LogP contribution >= 0.6 is 0 Å². The predicted molar refractivity (Wildman–Crippen MR) is 104 cm³/mol. The van der Waals surface area contributed by atoms with Gasteiger partial charge in [0.25, 0.3) is 5.91 Å². The zero-order chi connectivity index (χ0) is 17.8. The lowest BCUT2D eigenvalue weighted by molar-refractivity contribution is 0.0788. The largest absolute Gasteiger partial charge is 0.355 e. The van der Waals surface area contributed by atoms with Crippen LogP contribution in [0.3, 0.4) is 0 Å². The summed E-state index contributed by atoms with van der Waals surface area (Å²) < 4.78 is 0. The Morgan fingerprint density at radius 3 is 2.68 bits per heavy atom. The van der Waals surface area contributed by atoms with E-state index in [1.807, 2.05) is 42.3 Å². The maximum Gasteiger partial charge on any atom is 0.255 e. The van der Waals surface area contributed by atoms with E-state index in [4.69, 9.17) is 0 Å². The van der Waals surface area contributed by atoms with Gasteiger partial charge in [-0.1, -0.05) is 24.3 Å². The highest BCUT2D eigenvalue weighted by molar-refractivity contribution is 6.00. The molecule has 1 saturated heterocycles. The summed E-state index contributed by atoms with van der Waals surface area (Å²) in [7, 11) is 1.97. The monoisotopic (exact) mass is 337 g/mol. The number of nitrogens with one attached hydrogen (secondary N) is 2. The van der Waals surface area contributed by atoms with E-state index >= 15 is 0 Å². The molecule has 2 aromatic rings. The van der Waals surface area contributed by atoms with Crippen molar-refractivity contribution in [2.75, 3.05) is 32.0 Å². The third-order valence-electron chi connectivity index (χ3n) is 5.10. The highest BCUT2D eigenvalue weighted by atomic mass is 16.2. The van der Waals surface area contributed by atoms with Crippen molar-refractivity contribution in [2.24, 2.45) is 5.92 Å². The Bertz CT molecular complexity index is 757. The van der Waals surface area contributed by atoms with E-state index in [2.05, 4.69) is 36.6 Å². The molecule has 0 radical (unpaired) electrons. The minimum Gasteiger partial charge on any atom is -0.355 e. The molecule has 4 heteroatoms. The number of hydrogen-bond acceptors (Lipinski definition) is 3. The first kappa shape index (κ1) is 17.5. The van der Waals surface area contributed by atoms with Crippen LogP contribution in [0.25, 0.3) is 0 Å². The number of carbonyl (C=O) groups is 1. The van der Waals surface area contributed by atoms with Gasteiger partial charge in [0.2, 0.25) is 0 Å². The van der Waals surface area contributed by atoms with Gasteiger partial charge >= 0.3 is 0 Å². The first-order valence-corrected chi connectivity index (χ1v) is 8.96. The van der Waals surface area contributed by atoms with E-state index in [0.29, 0.717) is 5.92 Å². The molecule has 1 unspecified atom stereocenters. The smallest absolute Gasteiger partial charge is 0.255 e. The van der Waals surface area contributed by atoms with E-state index in [9.17, 15) is 4.79 Å². The van der Waals surface area contributed by atoms with Gasteiger partial charge in [0.05, 0.1) is 11.3 Å². The molecule has 1 aliphatic rings. The zero-order valence-corrected chi connectivity index (χ0v) is 15.3. The van der Waals surface area contributed by atoms with Crippen molar-refractivity contribution in [3.05, 3.63) is 59.2 Å². The number of amides is 1. The van der Waals surface area contributed by atoms with Gasteiger partial charge in [0.1, 0.15) is 0 Å². The SMILES string of the molecule is CNCC1CCN(C(=O)c2ccccc2Nc2cccc(C)c2C)C1. The summed E-state index contributed by atoms with van der Waals surface area (Å²) in [6.07, 6.45) is 1.07. The summed E-state index contributed by atoms with van der Waals surface area (Å²) in [5, 5.41) is 6.68. The maximum atomic E-state index is 13.0. The van der Waals surface area contributed by atoms with Crippen molar-refractivity contribution in [1.82, 2.24) is 10.2 Å².